The van der Waals surface area contributed by atoms with Crippen molar-refractivity contribution in [1.29, 1.82) is 0 Å². The highest BCUT2D eigenvalue weighted by Crippen LogP contribution is 2.33. The van der Waals surface area contributed by atoms with E-state index < -0.39 is 6.36 Å². The van der Waals surface area contributed by atoms with Crippen LogP contribution in [0.4, 0.5) is 13.2 Å². The maximum atomic E-state index is 12.7. The Morgan fingerprint density at radius 2 is 1.93 bits per heavy atom. The Morgan fingerprint density at radius 1 is 1.15 bits per heavy atom. The Hall–Kier alpha value is -2.70. The minimum absolute atomic E-state index is 0.180. The Labute approximate surface area is 154 Å². The minimum atomic E-state index is -4.74. The molecular formula is C20H18F3NO3. The van der Waals surface area contributed by atoms with Gasteiger partial charge >= 0.3 is 6.36 Å². The first-order chi connectivity index (χ1) is 12.9. The zero-order chi connectivity index (χ0) is 19.0. The Balaban J connectivity index is 1.42. The van der Waals surface area contributed by atoms with Crippen molar-refractivity contribution in [3.8, 4) is 11.5 Å². The van der Waals surface area contributed by atoms with Crippen molar-refractivity contribution in [2.24, 2.45) is 0 Å². The molecule has 2 aromatic rings. The molecule has 2 aliphatic heterocycles. The average molecular weight is 377 g/mol. The van der Waals surface area contributed by atoms with Crippen molar-refractivity contribution in [2.75, 3.05) is 19.7 Å². The molecule has 1 atom stereocenters. The lowest BCUT2D eigenvalue weighted by Crippen LogP contribution is -2.28. The standard InChI is InChI=1S/C20H18F3NO3/c21-20(22,23)27-17-4-1-13(2-5-17)19(25)24-9-7-16(12-24)14-3-6-18-15(11-14)8-10-26-18/h1-6,11,16H,7-10,12H2/t16-/m1/s1. The second-order valence-corrected chi connectivity index (χ2v) is 6.77. The third kappa shape index (κ3) is 3.86. The molecule has 27 heavy (non-hydrogen) atoms. The molecule has 2 aromatic carbocycles. The van der Waals surface area contributed by atoms with Gasteiger partial charge < -0.3 is 14.4 Å². The third-order valence-corrected chi connectivity index (χ3v) is 5.00. The van der Waals surface area contributed by atoms with Crippen LogP contribution < -0.4 is 9.47 Å². The number of amides is 1. The van der Waals surface area contributed by atoms with Crippen molar-refractivity contribution in [2.45, 2.75) is 25.1 Å². The molecule has 1 fully saturated rings. The lowest BCUT2D eigenvalue weighted by Gasteiger charge is -2.17. The molecule has 0 aliphatic carbocycles. The summed E-state index contributed by atoms with van der Waals surface area (Å²) >= 11 is 0. The molecule has 0 saturated carbocycles. The van der Waals surface area contributed by atoms with E-state index in [1.165, 1.54) is 23.3 Å². The van der Waals surface area contributed by atoms with Gasteiger partial charge in [0, 0.05) is 31.0 Å². The van der Waals surface area contributed by atoms with Gasteiger partial charge in [0.2, 0.25) is 0 Å². The molecule has 0 N–H and O–H groups in total. The number of alkyl halides is 3. The summed E-state index contributed by atoms with van der Waals surface area (Å²) in [5, 5.41) is 0. The van der Waals surface area contributed by atoms with Crippen LogP contribution >= 0.6 is 0 Å². The number of benzene rings is 2. The smallest absolute Gasteiger partial charge is 0.493 e. The highest BCUT2D eigenvalue weighted by molar-refractivity contribution is 5.94. The van der Waals surface area contributed by atoms with E-state index in [0.29, 0.717) is 25.3 Å². The van der Waals surface area contributed by atoms with Gasteiger partial charge in [0.15, 0.2) is 0 Å². The van der Waals surface area contributed by atoms with E-state index in [4.69, 9.17) is 4.74 Å². The zero-order valence-electron chi connectivity index (χ0n) is 14.5. The van der Waals surface area contributed by atoms with Gasteiger partial charge in [-0.3, -0.25) is 4.79 Å². The fourth-order valence-corrected chi connectivity index (χ4v) is 3.66. The number of carbonyl (C=O) groups is 1. The van der Waals surface area contributed by atoms with Crippen molar-refractivity contribution < 1.29 is 27.4 Å². The fourth-order valence-electron chi connectivity index (χ4n) is 3.66. The SMILES string of the molecule is O=C(c1ccc(OC(F)(F)F)cc1)N1CC[C@@H](c2ccc3c(c2)CCO3)C1. The fraction of sp³-hybridized carbons (Fsp3) is 0.350. The molecule has 2 heterocycles. The van der Waals surface area contributed by atoms with E-state index in [2.05, 4.69) is 10.8 Å². The number of hydrogen-bond acceptors (Lipinski definition) is 3. The number of ether oxygens (including phenoxy) is 2. The van der Waals surface area contributed by atoms with Crippen LogP contribution in [0.5, 0.6) is 11.5 Å². The summed E-state index contributed by atoms with van der Waals surface area (Å²) in [6.07, 6.45) is -2.97. The largest absolute Gasteiger partial charge is 0.573 e. The zero-order valence-corrected chi connectivity index (χ0v) is 14.5. The first-order valence-electron chi connectivity index (χ1n) is 8.80. The van der Waals surface area contributed by atoms with Crippen LogP contribution in [0.1, 0.15) is 33.8 Å². The van der Waals surface area contributed by atoms with Crippen molar-refractivity contribution in [1.82, 2.24) is 4.90 Å². The second kappa shape index (κ2) is 6.79. The molecule has 7 heteroatoms. The molecule has 4 rings (SSSR count). The molecule has 4 nitrogen and oxygen atoms in total. The molecule has 0 radical (unpaired) electrons. The topological polar surface area (TPSA) is 38.8 Å². The summed E-state index contributed by atoms with van der Waals surface area (Å²) in [6, 6.07) is 11.2. The molecule has 2 aliphatic rings. The molecule has 0 aromatic heterocycles. The summed E-state index contributed by atoms with van der Waals surface area (Å²) < 4.78 is 46.1. The number of fused-ring (bicyclic) bond motifs is 1. The van der Waals surface area contributed by atoms with E-state index in [1.807, 2.05) is 12.1 Å². The molecular weight excluding hydrogens is 359 g/mol. The number of nitrogens with zero attached hydrogens (tertiary/aromatic N) is 1. The monoisotopic (exact) mass is 377 g/mol. The third-order valence-electron chi connectivity index (χ3n) is 5.00. The number of likely N-dealkylation sites (tertiary alicyclic amines) is 1. The van der Waals surface area contributed by atoms with Gasteiger partial charge in [0.25, 0.3) is 5.91 Å². The molecule has 0 unspecified atom stereocenters. The van der Waals surface area contributed by atoms with Gasteiger partial charge in [-0.1, -0.05) is 12.1 Å². The first kappa shape index (κ1) is 17.7. The van der Waals surface area contributed by atoms with Crippen LogP contribution in [-0.4, -0.2) is 36.9 Å². The van der Waals surface area contributed by atoms with Crippen LogP contribution in [0.15, 0.2) is 42.5 Å². The Morgan fingerprint density at radius 3 is 2.67 bits per heavy atom. The van der Waals surface area contributed by atoms with Gasteiger partial charge in [-0.15, -0.1) is 13.2 Å². The summed E-state index contributed by atoms with van der Waals surface area (Å²) in [7, 11) is 0. The van der Waals surface area contributed by atoms with Crippen molar-refractivity contribution in [3.63, 3.8) is 0 Å². The van der Waals surface area contributed by atoms with E-state index in [0.717, 1.165) is 30.7 Å². The van der Waals surface area contributed by atoms with Gasteiger partial charge in [0.05, 0.1) is 6.61 Å². The second-order valence-electron chi connectivity index (χ2n) is 6.77. The number of rotatable bonds is 3. The van der Waals surface area contributed by atoms with Crippen molar-refractivity contribution in [3.05, 3.63) is 59.2 Å². The normalized spacial score (nSPS) is 18.9. The quantitative estimate of drug-likeness (QED) is 0.807. The molecule has 142 valence electrons. The maximum Gasteiger partial charge on any atom is 0.573 e. The summed E-state index contributed by atoms with van der Waals surface area (Å²) in [5.41, 5.74) is 2.76. The Bertz CT molecular complexity index is 849. The van der Waals surface area contributed by atoms with E-state index >= 15 is 0 Å². The highest BCUT2D eigenvalue weighted by Gasteiger charge is 2.32. The molecule has 0 bridgehead atoms. The van der Waals surface area contributed by atoms with Gasteiger partial charge in [-0.25, -0.2) is 0 Å². The number of carbonyl (C=O) groups excluding carboxylic acids is 1. The summed E-state index contributed by atoms with van der Waals surface area (Å²) in [6.45, 7) is 1.93. The average Bonchev–Trinajstić information content (AvgIpc) is 3.29. The van der Waals surface area contributed by atoms with Crippen LogP contribution in [0.3, 0.4) is 0 Å². The van der Waals surface area contributed by atoms with Crippen LogP contribution in [0.25, 0.3) is 0 Å². The van der Waals surface area contributed by atoms with Crippen LogP contribution in [0, 0.1) is 0 Å². The van der Waals surface area contributed by atoms with Crippen molar-refractivity contribution >= 4 is 5.91 Å². The summed E-state index contributed by atoms with van der Waals surface area (Å²) in [5.74, 6) is 0.679. The molecule has 1 saturated heterocycles. The number of hydrogen-bond donors (Lipinski definition) is 0. The molecule has 0 spiro atoms. The van der Waals surface area contributed by atoms with Gasteiger partial charge in [0.1, 0.15) is 11.5 Å². The van der Waals surface area contributed by atoms with Gasteiger partial charge in [-0.05, 0) is 47.9 Å². The van der Waals surface area contributed by atoms with E-state index in [-0.39, 0.29) is 17.6 Å². The van der Waals surface area contributed by atoms with E-state index in [1.54, 1.807) is 4.90 Å². The first-order valence-corrected chi connectivity index (χ1v) is 8.80. The highest BCUT2D eigenvalue weighted by atomic mass is 19.4. The summed E-state index contributed by atoms with van der Waals surface area (Å²) in [4.78, 5) is 14.4. The maximum absolute atomic E-state index is 12.7. The van der Waals surface area contributed by atoms with Crippen LogP contribution in [-0.2, 0) is 6.42 Å². The number of halogens is 3. The Kier molecular flexibility index (Phi) is 4.45. The van der Waals surface area contributed by atoms with Gasteiger partial charge in [-0.2, -0.15) is 0 Å². The predicted molar refractivity (Wildman–Crippen MR) is 92.0 cm³/mol. The van der Waals surface area contributed by atoms with E-state index in [9.17, 15) is 18.0 Å². The minimum Gasteiger partial charge on any atom is -0.493 e. The predicted octanol–water partition coefficient (Wildman–Crippen LogP) is 4.15. The lowest BCUT2D eigenvalue weighted by atomic mass is 9.96. The molecule has 1 amide bonds. The lowest BCUT2D eigenvalue weighted by molar-refractivity contribution is -0.274. The van der Waals surface area contributed by atoms with Crippen LogP contribution in [0.2, 0.25) is 0 Å².